The number of aromatic nitrogens is 4. The minimum atomic E-state index is -0.585. The summed E-state index contributed by atoms with van der Waals surface area (Å²) in [6, 6.07) is 6.26. The minimum absolute atomic E-state index is 0.0619. The predicted octanol–water partition coefficient (Wildman–Crippen LogP) is 3.17. The van der Waals surface area contributed by atoms with Gasteiger partial charge in [-0.2, -0.15) is 0 Å². The fourth-order valence-corrected chi connectivity index (χ4v) is 3.19. The number of hydrogen-bond donors (Lipinski definition) is 1. The highest BCUT2D eigenvalue weighted by molar-refractivity contribution is 9.10. The molecule has 1 N–H and O–H groups in total. The third-order valence-electron chi connectivity index (χ3n) is 3.73. The molecule has 24 heavy (non-hydrogen) atoms. The van der Waals surface area contributed by atoms with E-state index >= 15 is 0 Å². The van der Waals surface area contributed by atoms with Crippen molar-refractivity contribution in [2.45, 2.75) is 0 Å². The van der Waals surface area contributed by atoms with E-state index in [1.165, 1.54) is 29.1 Å². The molecule has 0 atom stereocenters. The van der Waals surface area contributed by atoms with Crippen LogP contribution in [0.3, 0.4) is 0 Å². The minimum Gasteiger partial charge on any atom is -0.495 e. The number of aromatic amines is 1. The molecule has 0 aliphatic carbocycles. The van der Waals surface area contributed by atoms with E-state index in [9.17, 15) is 9.18 Å². The fraction of sp³-hybridized carbons (Fsp3) is 0.0625. The van der Waals surface area contributed by atoms with Gasteiger partial charge in [-0.25, -0.2) is 18.7 Å². The van der Waals surface area contributed by atoms with Gasteiger partial charge in [-0.15, -0.1) is 0 Å². The molecular formula is C16H10BrFN4O2. The molecule has 0 saturated heterocycles. The molecule has 0 aliphatic rings. The molecule has 0 aliphatic heterocycles. The molecule has 3 heterocycles. The Morgan fingerprint density at radius 1 is 1.33 bits per heavy atom. The second-order valence-corrected chi connectivity index (χ2v) is 5.95. The first-order chi connectivity index (χ1) is 11.6. The molecule has 6 nitrogen and oxygen atoms in total. The number of hydrogen-bond acceptors (Lipinski definition) is 4. The van der Waals surface area contributed by atoms with Gasteiger partial charge in [-0.3, -0.25) is 4.98 Å². The highest BCUT2D eigenvalue weighted by Crippen LogP contribution is 2.33. The Kier molecular flexibility index (Phi) is 3.34. The molecule has 120 valence electrons. The first-order valence-corrected chi connectivity index (χ1v) is 7.77. The number of halogens is 2. The van der Waals surface area contributed by atoms with E-state index in [-0.39, 0.29) is 5.82 Å². The SMILES string of the molecule is COc1cc2ncc3[nH]c(=O)n(-c4ncccc4F)c3c2cc1Br. The van der Waals surface area contributed by atoms with Gasteiger partial charge in [0.15, 0.2) is 11.6 Å². The molecule has 0 spiro atoms. The van der Waals surface area contributed by atoms with Crippen LogP contribution in [0.5, 0.6) is 5.75 Å². The van der Waals surface area contributed by atoms with Crippen molar-refractivity contribution in [2.75, 3.05) is 7.11 Å². The quantitative estimate of drug-likeness (QED) is 0.572. The lowest BCUT2D eigenvalue weighted by Gasteiger charge is -2.08. The fourth-order valence-electron chi connectivity index (χ4n) is 2.68. The highest BCUT2D eigenvalue weighted by Gasteiger charge is 2.17. The number of fused-ring (bicyclic) bond motifs is 3. The van der Waals surface area contributed by atoms with Crippen LogP contribution in [0.1, 0.15) is 0 Å². The summed E-state index contributed by atoms with van der Waals surface area (Å²) in [6.07, 6.45) is 2.97. The Hall–Kier alpha value is -2.74. The number of H-pyrrole nitrogens is 1. The first-order valence-electron chi connectivity index (χ1n) is 6.98. The molecule has 0 radical (unpaired) electrons. The molecule has 0 amide bonds. The van der Waals surface area contributed by atoms with Crippen molar-refractivity contribution in [2.24, 2.45) is 0 Å². The third kappa shape index (κ3) is 2.10. The molecule has 8 heteroatoms. The second-order valence-electron chi connectivity index (χ2n) is 5.10. The van der Waals surface area contributed by atoms with Crippen LogP contribution in [0, 0.1) is 5.82 Å². The summed E-state index contributed by atoms with van der Waals surface area (Å²) in [6.45, 7) is 0. The van der Waals surface area contributed by atoms with E-state index < -0.39 is 11.5 Å². The Balaban J connectivity index is 2.18. The van der Waals surface area contributed by atoms with E-state index in [4.69, 9.17) is 4.74 Å². The van der Waals surface area contributed by atoms with E-state index in [1.807, 2.05) is 0 Å². The van der Waals surface area contributed by atoms with Crippen LogP contribution in [-0.2, 0) is 0 Å². The second kappa shape index (κ2) is 5.41. The number of ether oxygens (including phenoxy) is 1. The lowest BCUT2D eigenvalue weighted by molar-refractivity contribution is 0.412. The summed E-state index contributed by atoms with van der Waals surface area (Å²) >= 11 is 3.43. The van der Waals surface area contributed by atoms with Gasteiger partial charge in [0.05, 0.1) is 34.3 Å². The van der Waals surface area contributed by atoms with Crippen LogP contribution in [0.15, 0.2) is 45.9 Å². The van der Waals surface area contributed by atoms with E-state index in [0.29, 0.717) is 32.2 Å². The van der Waals surface area contributed by atoms with E-state index in [0.717, 1.165) is 0 Å². The normalized spacial score (nSPS) is 11.3. The molecule has 0 saturated carbocycles. The summed E-state index contributed by atoms with van der Waals surface area (Å²) in [4.78, 5) is 23.4. The van der Waals surface area contributed by atoms with Gasteiger partial charge < -0.3 is 9.72 Å². The molecule has 0 fully saturated rings. The predicted molar refractivity (Wildman–Crippen MR) is 91.2 cm³/mol. The zero-order valence-electron chi connectivity index (χ0n) is 12.4. The molecule has 4 aromatic rings. The summed E-state index contributed by atoms with van der Waals surface area (Å²) in [5.41, 5.74) is 1.14. The van der Waals surface area contributed by atoms with Gasteiger partial charge in [0, 0.05) is 17.6 Å². The van der Waals surface area contributed by atoms with Gasteiger partial charge in [0.25, 0.3) is 0 Å². The average molecular weight is 389 g/mol. The van der Waals surface area contributed by atoms with Crippen LogP contribution >= 0.6 is 15.9 Å². The number of pyridine rings is 2. The van der Waals surface area contributed by atoms with E-state index in [1.54, 1.807) is 19.2 Å². The number of methoxy groups -OCH3 is 1. The number of imidazole rings is 1. The zero-order valence-corrected chi connectivity index (χ0v) is 14.0. The largest absolute Gasteiger partial charge is 0.495 e. The maximum absolute atomic E-state index is 14.2. The molecule has 3 aromatic heterocycles. The number of nitrogens with zero attached hydrogens (tertiary/aromatic N) is 3. The van der Waals surface area contributed by atoms with Gasteiger partial charge in [0.1, 0.15) is 5.75 Å². The van der Waals surface area contributed by atoms with Crippen molar-refractivity contribution >= 4 is 37.9 Å². The van der Waals surface area contributed by atoms with Crippen LogP contribution in [0.2, 0.25) is 0 Å². The van der Waals surface area contributed by atoms with Gasteiger partial charge in [-0.05, 0) is 34.1 Å². The van der Waals surface area contributed by atoms with Gasteiger partial charge in [0.2, 0.25) is 0 Å². The monoisotopic (exact) mass is 388 g/mol. The highest BCUT2D eigenvalue weighted by atomic mass is 79.9. The maximum atomic E-state index is 14.2. The van der Waals surface area contributed by atoms with Crippen molar-refractivity contribution in [3.63, 3.8) is 0 Å². The standard InChI is InChI=1S/C16H10BrFN4O2/c1-24-13-6-11-8(5-9(13)17)14-12(7-20-11)21-16(23)22(14)15-10(18)3-2-4-19-15/h2-7H,1H3,(H,21,23). The molecule has 1 aromatic carbocycles. The van der Waals surface area contributed by atoms with Crippen molar-refractivity contribution in [1.82, 2.24) is 19.5 Å². The third-order valence-corrected chi connectivity index (χ3v) is 4.35. The molecule has 0 unspecified atom stereocenters. The number of rotatable bonds is 2. The summed E-state index contributed by atoms with van der Waals surface area (Å²) in [7, 11) is 1.56. The van der Waals surface area contributed by atoms with Crippen LogP contribution in [0.25, 0.3) is 27.8 Å². The number of benzene rings is 1. The van der Waals surface area contributed by atoms with Crippen molar-refractivity contribution < 1.29 is 9.13 Å². The summed E-state index contributed by atoms with van der Waals surface area (Å²) < 4.78 is 21.4. The Labute approximate surface area is 143 Å². The smallest absolute Gasteiger partial charge is 0.332 e. The lowest BCUT2D eigenvalue weighted by atomic mass is 10.2. The van der Waals surface area contributed by atoms with Crippen molar-refractivity contribution in [3.05, 3.63) is 57.4 Å². The van der Waals surface area contributed by atoms with Crippen LogP contribution in [-0.4, -0.2) is 26.6 Å². The van der Waals surface area contributed by atoms with Crippen molar-refractivity contribution in [1.29, 1.82) is 0 Å². The van der Waals surface area contributed by atoms with Crippen LogP contribution in [0.4, 0.5) is 4.39 Å². The van der Waals surface area contributed by atoms with Crippen molar-refractivity contribution in [3.8, 4) is 11.6 Å². The molecule has 0 bridgehead atoms. The Bertz CT molecular complexity index is 1150. The van der Waals surface area contributed by atoms with E-state index in [2.05, 4.69) is 30.9 Å². The van der Waals surface area contributed by atoms with Gasteiger partial charge >= 0.3 is 5.69 Å². The maximum Gasteiger partial charge on any atom is 0.332 e. The summed E-state index contributed by atoms with van der Waals surface area (Å²) in [5.74, 6) is -0.0333. The average Bonchev–Trinajstić information content (AvgIpc) is 2.91. The zero-order chi connectivity index (χ0) is 16.8. The molecular weight excluding hydrogens is 379 g/mol. The van der Waals surface area contributed by atoms with Gasteiger partial charge in [-0.1, -0.05) is 0 Å². The molecule has 4 rings (SSSR count). The Morgan fingerprint density at radius 3 is 2.92 bits per heavy atom. The Morgan fingerprint density at radius 2 is 2.17 bits per heavy atom. The lowest BCUT2D eigenvalue weighted by Crippen LogP contribution is -2.17. The summed E-state index contributed by atoms with van der Waals surface area (Å²) in [5, 5.41) is 0.670. The topological polar surface area (TPSA) is 72.8 Å². The first kappa shape index (κ1) is 14.8. The van der Waals surface area contributed by atoms with Crippen LogP contribution < -0.4 is 10.4 Å². The number of nitrogens with one attached hydrogen (secondary N) is 1.